The van der Waals surface area contributed by atoms with Gasteiger partial charge >= 0.3 is 0 Å². The smallest absolute Gasteiger partial charge is 0.123 e. The number of nitrogens with zero attached hydrogens (tertiary/aromatic N) is 1. The number of hydrogen-bond donors (Lipinski definition) is 1. The van der Waals surface area contributed by atoms with Crippen LogP contribution >= 0.6 is 0 Å². The van der Waals surface area contributed by atoms with Gasteiger partial charge in [-0.15, -0.1) is 0 Å². The second kappa shape index (κ2) is 7.81. The summed E-state index contributed by atoms with van der Waals surface area (Å²) in [6, 6.07) is 14.9. The Morgan fingerprint density at radius 1 is 1.12 bits per heavy atom. The molecule has 0 aliphatic carbocycles. The van der Waals surface area contributed by atoms with Crippen molar-refractivity contribution < 1.29 is 9.84 Å². The lowest BCUT2D eigenvalue weighted by Gasteiger charge is -2.30. The topological polar surface area (TPSA) is 32.7 Å². The van der Waals surface area contributed by atoms with Crippen molar-refractivity contribution in [1.29, 1.82) is 0 Å². The molecule has 0 saturated carbocycles. The number of fused-ring (bicyclic) bond motifs is 1. The molecule has 3 heteroatoms. The predicted octanol–water partition coefficient (Wildman–Crippen LogP) is 4.09. The maximum atomic E-state index is 10.5. The van der Waals surface area contributed by atoms with Gasteiger partial charge in [-0.2, -0.15) is 0 Å². The standard InChI is InChI=1S/C23H31NO2/c1-17-9-10-22(21(13-17)23(2,3)4)26-16-20(25)15-24-12-11-18-7-5-6-8-19(18)14-24/h5-10,13,20,25H,11-12,14-16H2,1-4H3/t20-/m1/s1. The van der Waals surface area contributed by atoms with E-state index < -0.39 is 6.10 Å². The Balaban J connectivity index is 1.58. The van der Waals surface area contributed by atoms with E-state index >= 15 is 0 Å². The van der Waals surface area contributed by atoms with Crippen LogP contribution in [0.15, 0.2) is 42.5 Å². The Morgan fingerprint density at radius 3 is 2.58 bits per heavy atom. The minimum absolute atomic E-state index is 0.0168. The number of benzene rings is 2. The molecule has 0 spiro atoms. The highest BCUT2D eigenvalue weighted by molar-refractivity contribution is 5.41. The average molecular weight is 354 g/mol. The van der Waals surface area contributed by atoms with Gasteiger partial charge < -0.3 is 9.84 Å². The SMILES string of the molecule is Cc1ccc(OC[C@H](O)CN2CCc3ccccc3C2)c(C(C)(C)C)c1. The number of rotatable bonds is 5. The van der Waals surface area contributed by atoms with Crippen molar-refractivity contribution in [3.63, 3.8) is 0 Å². The van der Waals surface area contributed by atoms with Crippen LogP contribution in [0.25, 0.3) is 0 Å². The van der Waals surface area contributed by atoms with E-state index in [4.69, 9.17) is 4.74 Å². The van der Waals surface area contributed by atoms with E-state index in [0.29, 0.717) is 13.2 Å². The summed E-state index contributed by atoms with van der Waals surface area (Å²) in [4.78, 5) is 2.32. The molecule has 0 amide bonds. The van der Waals surface area contributed by atoms with Crippen molar-refractivity contribution in [2.24, 2.45) is 0 Å². The molecule has 3 nitrogen and oxygen atoms in total. The van der Waals surface area contributed by atoms with Gasteiger partial charge in [-0.1, -0.05) is 62.7 Å². The first-order valence-electron chi connectivity index (χ1n) is 9.54. The van der Waals surface area contributed by atoms with Crippen LogP contribution in [0.3, 0.4) is 0 Å². The molecule has 0 saturated heterocycles. The minimum atomic E-state index is -0.491. The summed E-state index contributed by atoms with van der Waals surface area (Å²) in [5.41, 5.74) is 5.25. The summed E-state index contributed by atoms with van der Waals surface area (Å²) in [5.74, 6) is 0.881. The third-order valence-corrected chi connectivity index (χ3v) is 5.05. The van der Waals surface area contributed by atoms with Crippen LogP contribution in [-0.4, -0.2) is 35.8 Å². The first-order valence-corrected chi connectivity index (χ1v) is 9.54. The molecule has 1 aliphatic heterocycles. The molecule has 0 radical (unpaired) electrons. The predicted molar refractivity (Wildman–Crippen MR) is 107 cm³/mol. The van der Waals surface area contributed by atoms with Crippen molar-refractivity contribution in [3.8, 4) is 5.75 Å². The largest absolute Gasteiger partial charge is 0.491 e. The van der Waals surface area contributed by atoms with Gasteiger partial charge in [0, 0.05) is 19.6 Å². The second-order valence-electron chi connectivity index (χ2n) is 8.47. The number of ether oxygens (including phenoxy) is 1. The van der Waals surface area contributed by atoms with E-state index in [1.807, 2.05) is 6.07 Å². The lowest BCUT2D eigenvalue weighted by molar-refractivity contribution is 0.0631. The zero-order valence-electron chi connectivity index (χ0n) is 16.5. The monoisotopic (exact) mass is 353 g/mol. The molecular formula is C23H31NO2. The van der Waals surface area contributed by atoms with Crippen LogP contribution < -0.4 is 4.74 Å². The molecule has 26 heavy (non-hydrogen) atoms. The van der Waals surface area contributed by atoms with Crippen LogP contribution in [-0.2, 0) is 18.4 Å². The van der Waals surface area contributed by atoms with Gasteiger partial charge in [-0.3, -0.25) is 4.90 Å². The summed E-state index contributed by atoms with van der Waals surface area (Å²) < 4.78 is 6.01. The third-order valence-electron chi connectivity index (χ3n) is 5.05. The highest BCUT2D eigenvalue weighted by Crippen LogP contribution is 2.32. The molecule has 1 N–H and O–H groups in total. The summed E-state index contributed by atoms with van der Waals surface area (Å²) >= 11 is 0. The lowest BCUT2D eigenvalue weighted by atomic mass is 9.85. The summed E-state index contributed by atoms with van der Waals surface area (Å²) in [6.07, 6.45) is 0.560. The lowest BCUT2D eigenvalue weighted by Crippen LogP contribution is -2.38. The zero-order valence-corrected chi connectivity index (χ0v) is 16.5. The summed E-state index contributed by atoms with van der Waals surface area (Å²) in [7, 11) is 0. The Morgan fingerprint density at radius 2 is 1.85 bits per heavy atom. The molecule has 2 aromatic carbocycles. The number of aryl methyl sites for hydroxylation is 1. The van der Waals surface area contributed by atoms with Crippen LogP contribution in [0.1, 0.15) is 43.0 Å². The number of aliphatic hydroxyl groups is 1. The normalized spacial score (nSPS) is 16.2. The Hall–Kier alpha value is -1.84. The Labute approximate surface area is 157 Å². The van der Waals surface area contributed by atoms with Gasteiger partial charge in [-0.05, 0) is 41.5 Å². The zero-order chi connectivity index (χ0) is 18.7. The molecule has 0 fully saturated rings. The molecule has 140 valence electrons. The summed E-state index contributed by atoms with van der Waals surface area (Å²) in [6.45, 7) is 11.5. The van der Waals surface area contributed by atoms with Crippen molar-refractivity contribution in [2.45, 2.75) is 52.2 Å². The maximum Gasteiger partial charge on any atom is 0.123 e. The summed E-state index contributed by atoms with van der Waals surface area (Å²) in [5, 5.41) is 10.5. The highest BCUT2D eigenvalue weighted by atomic mass is 16.5. The maximum absolute atomic E-state index is 10.5. The molecule has 3 rings (SSSR count). The Kier molecular flexibility index (Phi) is 5.69. The fourth-order valence-electron chi connectivity index (χ4n) is 3.60. The van der Waals surface area contributed by atoms with E-state index in [2.05, 4.69) is 69.0 Å². The first-order chi connectivity index (χ1) is 12.3. The Bertz CT molecular complexity index is 748. The fraction of sp³-hybridized carbons (Fsp3) is 0.478. The van der Waals surface area contributed by atoms with Gasteiger partial charge in [0.25, 0.3) is 0 Å². The number of hydrogen-bond acceptors (Lipinski definition) is 3. The van der Waals surface area contributed by atoms with Crippen LogP contribution in [0, 0.1) is 6.92 Å². The van der Waals surface area contributed by atoms with Crippen LogP contribution in [0.4, 0.5) is 0 Å². The minimum Gasteiger partial charge on any atom is -0.491 e. The van der Waals surface area contributed by atoms with Crippen molar-refractivity contribution in [3.05, 3.63) is 64.7 Å². The first kappa shape index (κ1) is 18.9. The van der Waals surface area contributed by atoms with Gasteiger partial charge in [0.2, 0.25) is 0 Å². The van der Waals surface area contributed by atoms with Gasteiger partial charge in [0.05, 0.1) is 0 Å². The van der Waals surface area contributed by atoms with Crippen molar-refractivity contribution in [1.82, 2.24) is 4.90 Å². The molecular weight excluding hydrogens is 322 g/mol. The van der Waals surface area contributed by atoms with Gasteiger partial charge in [0.1, 0.15) is 18.5 Å². The molecule has 1 aliphatic rings. The van der Waals surface area contributed by atoms with E-state index in [1.165, 1.54) is 22.3 Å². The third kappa shape index (κ3) is 4.66. The van der Waals surface area contributed by atoms with E-state index in [9.17, 15) is 5.11 Å². The molecule has 1 heterocycles. The van der Waals surface area contributed by atoms with Crippen LogP contribution in [0.5, 0.6) is 5.75 Å². The molecule has 1 atom stereocenters. The number of β-amino-alcohol motifs (C(OH)–C–C–N with tert-alkyl or cyclic N) is 1. The quantitative estimate of drug-likeness (QED) is 0.879. The van der Waals surface area contributed by atoms with E-state index in [0.717, 1.165) is 25.3 Å². The van der Waals surface area contributed by atoms with E-state index in [1.54, 1.807) is 0 Å². The van der Waals surface area contributed by atoms with Crippen molar-refractivity contribution in [2.75, 3.05) is 19.7 Å². The van der Waals surface area contributed by atoms with Crippen LogP contribution in [0.2, 0.25) is 0 Å². The van der Waals surface area contributed by atoms with Gasteiger partial charge in [0.15, 0.2) is 0 Å². The van der Waals surface area contributed by atoms with Crippen molar-refractivity contribution >= 4 is 0 Å². The molecule has 0 bridgehead atoms. The molecule has 0 aromatic heterocycles. The highest BCUT2D eigenvalue weighted by Gasteiger charge is 2.21. The fourth-order valence-corrected chi connectivity index (χ4v) is 3.60. The number of aliphatic hydroxyl groups excluding tert-OH is 1. The molecule has 2 aromatic rings. The average Bonchev–Trinajstić information content (AvgIpc) is 2.60. The second-order valence-corrected chi connectivity index (χ2v) is 8.47. The molecule has 0 unspecified atom stereocenters. The van der Waals surface area contributed by atoms with E-state index in [-0.39, 0.29) is 5.41 Å². The van der Waals surface area contributed by atoms with Gasteiger partial charge in [-0.25, -0.2) is 0 Å².